The first kappa shape index (κ1) is 19.0. The van der Waals surface area contributed by atoms with E-state index in [1.165, 1.54) is 6.08 Å². The molecule has 2 rings (SSSR count). The predicted octanol–water partition coefficient (Wildman–Crippen LogP) is 4.15. The first-order chi connectivity index (χ1) is 11.8. The number of rotatable bonds is 5. The second-order valence-corrected chi connectivity index (χ2v) is 5.91. The standard InChI is InChI=1S/C17H16Cl2N2O4/c1-4-24-13(22)8-9(2)20-17(23)14-10(3)25-21-16(14)15-11(18)6-5-7-12(15)19/h5-8H,4H2,1-3H3,(H,20,23). The molecule has 0 saturated heterocycles. The lowest BCUT2D eigenvalue weighted by molar-refractivity contribution is -0.137. The molecule has 1 aromatic carbocycles. The van der Waals surface area contributed by atoms with Crippen molar-refractivity contribution in [3.63, 3.8) is 0 Å². The molecule has 0 fully saturated rings. The highest BCUT2D eigenvalue weighted by atomic mass is 35.5. The van der Waals surface area contributed by atoms with Crippen LogP contribution in [0.3, 0.4) is 0 Å². The molecule has 1 aromatic heterocycles. The molecule has 0 saturated carbocycles. The fourth-order valence-electron chi connectivity index (χ4n) is 2.17. The molecule has 0 aliphatic carbocycles. The van der Waals surface area contributed by atoms with Crippen molar-refractivity contribution >= 4 is 35.1 Å². The maximum atomic E-state index is 12.6. The average Bonchev–Trinajstić information content (AvgIpc) is 2.88. The lowest BCUT2D eigenvalue weighted by Crippen LogP contribution is -2.23. The molecule has 0 spiro atoms. The van der Waals surface area contributed by atoms with Crippen LogP contribution in [0, 0.1) is 6.92 Å². The van der Waals surface area contributed by atoms with Gasteiger partial charge in [0.05, 0.1) is 16.7 Å². The number of carbonyl (C=O) groups is 2. The molecule has 1 amide bonds. The molecule has 1 N–H and O–H groups in total. The van der Waals surface area contributed by atoms with Crippen LogP contribution in [-0.4, -0.2) is 23.6 Å². The fourth-order valence-corrected chi connectivity index (χ4v) is 2.75. The summed E-state index contributed by atoms with van der Waals surface area (Å²) >= 11 is 12.4. The highest BCUT2D eigenvalue weighted by Crippen LogP contribution is 2.36. The summed E-state index contributed by atoms with van der Waals surface area (Å²) in [5.74, 6) is -0.744. The largest absolute Gasteiger partial charge is 0.463 e. The van der Waals surface area contributed by atoms with Crippen LogP contribution in [0.1, 0.15) is 30.0 Å². The molecule has 0 atom stereocenters. The summed E-state index contributed by atoms with van der Waals surface area (Å²) in [6.07, 6.45) is 1.19. The van der Waals surface area contributed by atoms with Gasteiger partial charge < -0.3 is 14.6 Å². The Balaban J connectivity index is 2.36. The molecule has 0 radical (unpaired) electrons. The van der Waals surface area contributed by atoms with Crippen molar-refractivity contribution in [2.24, 2.45) is 0 Å². The van der Waals surface area contributed by atoms with Crippen LogP contribution < -0.4 is 5.32 Å². The Kier molecular flexibility index (Phi) is 6.22. The quantitative estimate of drug-likeness (QED) is 0.620. The minimum atomic E-state index is -0.545. The summed E-state index contributed by atoms with van der Waals surface area (Å²) in [4.78, 5) is 24.1. The Morgan fingerprint density at radius 2 is 1.96 bits per heavy atom. The van der Waals surface area contributed by atoms with Gasteiger partial charge in [-0.1, -0.05) is 34.4 Å². The van der Waals surface area contributed by atoms with E-state index in [4.69, 9.17) is 32.5 Å². The number of allylic oxidation sites excluding steroid dienone is 1. The van der Waals surface area contributed by atoms with Crippen LogP contribution in [0.4, 0.5) is 0 Å². The molecule has 1 heterocycles. The monoisotopic (exact) mass is 382 g/mol. The van der Waals surface area contributed by atoms with Gasteiger partial charge in [0.1, 0.15) is 17.0 Å². The Bertz CT molecular complexity index is 823. The second kappa shape index (κ2) is 8.18. The number of nitrogens with zero attached hydrogens (tertiary/aromatic N) is 1. The predicted molar refractivity (Wildman–Crippen MR) is 94.6 cm³/mol. The van der Waals surface area contributed by atoms with Crippen LogP contribution in [0.5, 0.6) is 0 Å². The first-order valence-corrected chi connectivity index (χ1v) is 8.17. The number of carbonyl (C=O) groups excluding carboxylic acids is 2. The molecule has 6 nitrogen and oxygen atoms in total. The van der Waals surface area contributed by atoms with Gasteiger partial charge in [-0.25, -0.2) is 4.79 Å². The third kappa shape index (κ3) is 4.41. The van der Waals surface area contributed by atoms with E-state index in [0.717, 1.165) is 0 Å². The third-order valence-corrected chi connectivity index (χ3v) is 3.85. The van der Waals surface area contributed by atoms with E-state index in [1.807, 2.05) is 0 Å². The summed E-state index contributed by atoms with van der Waals surface area (Å²) in [6, 6.07) is 4.97. The number of aryl methyl sites for hydroxylation is 1. The van der Waals surface area contributed by atoms with Gasteiger partial charge in [0.25, 0.3) is 5.91 Å². The number of aromatic nitrogens is 1. The zero-order chi connectivity index (χ0) is 18.6. The minimum Gasteiger partial charge on any atom is -0.463 e. The summed E-state index contributed by atoms with van der Waals surface area (Å²) < 4.78 is 9.94. The van der Waals surface area contributed by atoms with Crippen molar-refractivity contribution in [2.45, 2.75) is 20.8 Å². The summed E-state index contributed by atoms with van der Waals surface area (Å²) in [6.45, 7) is 5.11. The third-order valence-electron chi connectivity index (χ3n) is 3.22. The van der Waals surface area contributed by atoms with Gasteiger partial charge in [-0.15, -0.1) is 0 Å². The Morgan fingerprint density at radius 1 is 1.32 bits per heavy atom. The smallest absolute Gasteiger partial charge is 0.332 e. The van der Waals surface area contributed by atoms with E-state index < -0.39 is 11.9 Å². The fraction of sp³-hybridized carbons (Fsp3) is 0.235. The number of amides is 1. The number of nitrogens with one attached hydrogen (secondary N) is 1. The van der Waals surface area contributed by atoms with Crippen LogP contribution >= 0.6 is 23.2 Å². The van der Waals surface area contributed by atoms with Crippen LogP contribution in [0.15, 0.2) is 34.5 Å². The summed E-state index contributed by atoms with van der Waals surface area (Å²) in [5.41, 5.74) is 1.14. The minimum absolute atomic E-state index is 0.187. The average molecular weight is 383 g/mol. The van der Waals surface area contributed by atoms with Crippen molar-refractivity contribution in [3.8, 4) is 11.3 Å². The number of esters is 1. The maximum absolute atomic E-state index is 12.6. The van der Waals surface area contributed by atoms with Crippen LogP contribution in [0.2, 0.25) is 10.0 Å². The normalized spacial score (nSPS) is 11.3. The molecule has 25 heavy (non-hydrogen) atoms. The van der Waals surface area contributed by atoms with Crippen molar-refractivity contribution in [1.29, 1.82) is 0 Å². The SMILES string of the molecule is CCOC(=O)C=C(C)NC(=O)c1c(-c2c(Cl)cccc2Cl)noc1C. The van der Waals surface area contributed by atoms with Gasteiger partial charge in [-0.2, -0.15) is 0 Å². The van der Waals surface area contributed by atoms with E-state index in [9.17, 15) is 9.59 Å². The molecule has 2 aromatic rings. The molecule has 0 bridgehead atoms. The number of benzene rings is 1. The van der Waals surface area contributed by atoms with Gasteiger partial charge in [0, 0.05) is 17.3 Å². The van der Waals surface area contributed by atoms with Gasteiger partial charge in [-0.3, -0.25) is 4.79 Å². The molecule has 8 heteroatoms. The van der Waals surface area contributed by atoms with Gasteiger partial charge >= 0.3 is 5.97 Å². The van der Waals surface area contributed by atoms with Gasteiger partial charge in [0.15, 0.2) is 0 Å². The highest BCUT2D eigenvalue weighted by molar-refractivity contribution is 6.39. The Hall–Kier alpha value is -2.31. The zero-order valence-corrected chi connectivity index (χ0v) is 15.4. The first-order valence-electron chi connectivity index (χ1n) is 7.42. The molecule has 0 aliphatic rings. The van der Waals surface area contributed by atoms with Gasteiger partial charge in [0.2, 0.25) is 0 Å². The number of hydrogen-bond donors (Lipinski definition) is 1. The lowest BCUT2D eigenvalue weighted by Gasteiger charge is -2.08. The highest BCUT2D eigenvalue weighted by Gasteiger charge is 2.25. The zero-order valence-electron chi connectivity index (χ0n) is 13.9. The van der Waals surface area contributed by atoms with Crippen molar-refractivity contribution in [2.75, 3.05) is 6.61 Å². The van der Waals surface area contributed by atoms with E-state index >= 15 is 0 Å². The second-order valence-electron chi connectivity index (χ2n) is 5.09. The van der Waals surface area contributed by atoms with E-state index in [-0.39, 0.29) is 17.9 Å². The van der Waals surface area contributed by atoms with Crippen LogP contribution in [-0.2, 0) is 9.53 Å². The van der Waals surface area contributed by atoms with Crippen LogP contribution in [0.25, 0.3) is 11.3 Å². The summed E-state index contributed by atoms with van der Waals surface area (Å²) in [7, 11) is 0. The molecule has 0 aliphatic heterocycles. The van der Waals surface area contributed by atoms with Crippen molar-refractivity contribution in [3.05, 3.63) is 51.3 Å². The van der Waals surface area contributed by atoms with E-state index in [1.54, 1.807) is 39.0 Å². The number of hydrogen-bond acceptors (Lipinski definition) is 5. The lowest BCUT2D eigenvalue weighted by atomic mass is 10.1. The summed E-state index contributed by atoms with van der Waals surface area (Å²) in [5, 5.41) is 7.19. The molecular formula is C17H16Cl2N2O4. The Labute approximate surface area is 154 Å². The van der Waals surface area contributed by atoms with Crippen molar-refractivity contribution in [1.82, 2.24) is 10.5 Å². The number of halogens is 2. The van der Waals surface area contributed by atoms with E-state index in [0.29, 0.717) is 27.1 Å². The molecule has 132 valence electrons. The molecule has 0 unspecified atom stereocenters. The van der Waals surface area contributed by atoms with Crippen molar-refractivity contribution < 1.29 is 18.8 Å². The number of ether oxygens (including phenoxy) is 1. The van der Waals surface area contributed by atoms with Gasteiger partial charge in [-0.05, 0) is 32.9 Å². The Morgan fingerprint density at radius 3 is 2.56 bits per heavy atom. The maximum Gasteiger partial charge on any atom is 0.332 e. The topological polar surface area (TPSA) is 81.4 Å². The van der Waals surface area contributed by atoms with E-state index in [2.05, 4.69) is 10.5 Å². The molecular weight excluding hydrogens is 367 g/mol.